The third-order valence-electron chi connectivity index (χ3n) is 7.92. The van der Waals surface area contributed by atoms with Gasteiger partial charge in [-0.2, -0.15) is 0 Å². The molecule has 0 aliphatic carbocycles. The summed E-state index contributed by atoms with van der Waals surface area (Å²) in [5.41, 5.74) is -0.429. The molecule has 4 aliphatic heterocycles. The normalized spacial score (nSPS) is 30.1. The molecule has 1 N–H and O–H groups in total. The van der Waals surface area contributed by atoms with Gasteiger partial charge in [0.15, 0.2) is 5.75 Å². The van der Waals surface area contributed by atoms with Crippen molar-refractivity contribution >= 4 is 75.5 Å². The van der Waals surface area contributed by atoms with E-state index in [1.807, 2.05) is 4.90 Å². The van der Waals surface area contributed by atoms with E-state index >= 15 is 0 Å². The van der Waals surface area contributed by atoms with E-state index in [0.29, 0.717) is 29.2 Å². The van der Waals surface area contributed by atoms with Gasteiger partial charge in [0.05, 0.1) is 45.4 Å². The Kier molecular flexibility index (Phi) is 5.23. The molecule has 3 fully saturated rings. The van der Waals surface area contributed by atoms with Gasteiger partial charge in [-0.25, -0.2) is 4.90 Å². The molecule has 2 aromatic rings. The van der Waals surface area contributed by atoms with Crippen LogP contribution in [0.25, 0.3) is 0 Å². The molecule has 4 unspecified atom stereocenters. The lowest BCUT2D eigenvalue weighted by Crippen LogP contribution is -2.54. The van der Waals surface area contributed by atoms with Gasteiger partial charge in [0.1, 0.15) is 5.54 Å². The lowest BCUT2D eigenvalue weighted by molar-refractivity contribution is -0.135. The Bertz CT molecular complexity index is 1370. The van der Waals surface area contributed by atoms with Gasteiger partial charge in [0.2, 0.25) is 11.8 Å². The van der Waals surface area contributed by atoms with Gasteiger partial charge >= 0.3 is 0 Å². The first-order valence-electron chi connectivity index (χ1n) is 11.4. The highest BCUT2D eigenvalue weighted by Crippen LogP contribution is 2.63. The summed E-state index contributed by atoms with van der Waals surface area (Å²) in [5.74, 6) is -2.73. The molecular weight excluding hydrogens is 548 g/mol. The zero-order valence-corrected chi connectivity index (χ0v) is 22.5. The summed E-state index contributed by atoms with van der Waals surface area (Å²) in [7, 11) is 1.43. The number of hydrogen-bond donors (Lipinski definition) is 1. The van der Waals surface area contributed by atoms with E-state index in [4.69, 9.17) is 51.1 Å². The predicted octanol–water partition coefficient (Wildman–Crippen LogP) is 5.38. The van der Waals surface area contributed by atoms with Crippen LogP contribution in [-0.4, -0.2) is 42.3 Å². The topological polar surface area (TPSA) is 79.0 Å². The Hall–Kier alpha value is -2.03. The average Bonchev–Trinajstić information content (AvgIpc) is 3.41. The van der Waals surface area contributed by atoms with Crippen molar-refractivity contribution in [2.24, 2.45) is 17.3 Å². The number of anilines is 2. The van der Waals surface area contributed by atoms with Crippen LogP contribution in [0.1, 0.15) is 25.8 Å². The van der Waals surface area contributed by atoms with Crippen LogP contribution in [0.15, 0.2) is 24.3 Å². The summed E-state index contributed by atoms with van der Waals surface area (Å²) in [4.78, 5) is 45.2. The fourth-order valence-corrected chi connectivity index (χ4v) is 7.95. The first kappa shape index (κ1) is 24.3. The number of imide groups is 1. The molecule has 7 nitrogen and oxygen atoms in total. The number of halogens is 4. The third-order valence-corrected chi connectivity index (χ3v) is 9.00. The second-order valence-electron chi connectivity index (χ2n) is 10.6. The molecule has 4 aliphatic rings. The zero-order chi connectivity index (χ0) is 25.9. The first-order valence-corrected chi connectivity index (χ1v) is 12.9. The molecule has 4 heterocycles. The van der Waals surface area contributed by atoms with Crippen molar-refractivity contribution < 1.29 is 19.1 Å². The van der Waals surface area contributed by atoms with E-state index in [9.17, 15) is 14.4 Å². The number of ether oxygens (including phenoxy) is 1. The van der Waals surface area contributed by atoms with Crippen LogP contribution in [0, 0.1) is 17.3 Å². The minimum atomic E-state index is -1.42. The Labute approximate surface area is 227 Å². The number of methoxy groups -OCH3 is 1. The van der Waals surface area contributed by atoms with E-state index in [2.05, 4.69) is 19.2 Å². The van der Waals surface area contributed by atoms with E-state index < -0.39 is 23.3 Å². The van der Waals surface area contributed by atoms with Gasteiger partial charge in [-0.15, -0.1) is 0 Å². The SMILES string of the molecule is COc1c(Cl)cc(N2C(=O)C3C4CC(C)(C)CN4C4(C(=O)Nc5c(Cl)cc(Cl)cc54)C3C2=O)cc1Cl. The van der Waals surface area contributed by atoms with Gasteiger partial charge in [-0.3, -0.25) is 19.3 Å². The van der Waals surface area contributed by atoms with Crippen LogP contribution >= 0.6 is 46.4 Å². The number of rotatable bonds is 2. The monoisotopic (exact) mass is 567 g/mol. The first-order chi connectivity index (χ1) is 16.9. The van der Waals surface area contributed by atoms with Gasteiger partial charge in [0.25, 0.3) is 5.91 Å². The maximum atomic E-state index is 14.2. The van der Waals surface area contributed by atoms with Crippen LogP contribution in [-0.2, 0) is 19.9 Å². The van der Waals surface area contributed by atoms with E-state index in [1.165, 1.54) is 19.2 Å². The number of amides is 3. The van der Waals surface area contributed by atoms with Crippen LogP contribution < -0.4 is 15.0 Å². The van der Waals surface area contributed by atoms with Gasteiger partial charge in [0, 0.05) is 23.2 Å². The second kappa shape index (κ2) is 7.74. The van der Waals surface area contributed by atoms with Crippen LogP contribution in [0.5, 0.6) is 5.75 Å². The summed E-state index contributed by atoms with van der Waals surface area (Å²) in [6.45, 7) is 4.71. The number of nitrogens with zero attached hydrogens (tertiary/aromatic N) is 2. The highest BCUT2D eigenvalue weighted by atomic mass is 35.5. The lowest BCUT2D eigenvalue weighted by atomic mass is 9.73. The Morgan fingerprint density at radius 1 is 0.972 bits per heavy atom. The number of carbonyl (C=O) groups is 3. The largest absolute Gasteiger partial charge is 0.494 e. The minimum absolute atomic E-state index is 0.165. The Morgan fingerprint density at radius 3 is 2.28 bits per heavy atom. The highest BCUT2D eigenvalue weighted by Gasteiger charge is 2.76. The number of benzene rings is 2. The molecule has 0 bridgehead atoms. The van der Waals surface area contributed by atoms with Gasteiger partial charge < -0.3 is 10.1 Å². The third kappa shape index (κ3) is 2.95. The van der Waals surface area contributed by atoms with Crippen LogP contribution in [0.2, 0.25) is 20.1 Å². The minimum Gasteiger partial charge on any atom is -0.494 e. The maximum Gasteiger partial charge on any atom is 0.250 e. The number of carbonyl (C=O) groups excluding carboxylic acids is 3. The highest BCUT2D eigenvalue weighted by molar-refractivity contribution is 6.39. The summed E-state index contributed by atoms with van der Waals surface area (Å²) in [6, 6.07) is 5.84. The van der Waals surface area contributed by atoms with Crippen molar-refractivity contribution in [3.8, 4) is 5.75 Å². The van der Waals surface area contributed by atoms with Gasteiger partial charge in [-0.05, 0) is 36.1 Å². The van der Waals surface area contributed by atoms with E-state index in [-0.39, 0.29) is 49.8 Å². The number of hydrogen-bond acceptors (Lipinski definition) is 5. The van der Waals surface area contributed by atoms with Crippen molar-refractivity contribution in [3.63, 3.8) is 0 Å². The number of nitrogens with one attached hydrogen (secondary N) is 1. The van der Waals surface area contributed by atoms with E-state index in [1.54, 1.807) is 12.1 Å². The maximum absolute atomic E-state index is 14.2. The molecule has 3 saturated heterocycles. The molecule has 4 atom stereocenters. The molecule has 0 aromatic heterocycles. The lowest BCUT2D eigenvalue weighted by Gasteiger charge is -2.37. The molecule has 1 spiro atoms. The molecule has 36 heavy (non-hydrogen) atoms. The molecule has 0 radical (unpaired) electrons. The molecule has 6 rings (SSSR count). The van der Waals surface area contributed by atoms with Crippen LogP contribution in [0.3, 0.4) is 0 Å². The molecule has 2 aromatic carbocycles. The van der Waals surface area contributed by atoms with Crippen molar-refractivity contribution in [2.75, 3.05) is 23.9 Å². The quantitative estimate of drug-likeness (QED) is 0.492. The van der Waals surface area contributed by atoms with Crippen molar-refractivity contribution in [1.82, 2.24) is 4.90 Å². The standard InChI is InChI=1S/C25H21Cl4N3O4/c1-24(2)8-16-17-18(22(34)32(21(17)33)11-6-14(28)20(36-3)15(29)7-11)25(31(16)9-24)12-4-10(26)5-13(27)19(12)30-23(25)35/h4-7,16-18H,8-9H2,1-3H3,(H,30,35). The van der Waals surface area contributed by atoms with Crippen molar-refractivity contribution in [1.29, 1.82) is 0 Å². The second-order valence-corrected chi connectivity index (χ2v) is 12.2. The smallest absolute Gasteiger partial charge is 0.250 e. The molecule has 11 heteroatoms. The molecule has 3 amide bonds. The van der Waals surface area contributed by atoms with Crippen molar-refractivity contribution in [3.05, 3.63) is 49.9 Å². The molecular formula is C25H21Cl4N3O4. The Morgan fingerprint density at radius 2 is 1.64 bits per heavy atom. The molecule has 0 saturated carbocycles. The summed E-state index contributed by atoms with van der Waals surface area (Å²) in [6.07, 6.45) is 0.643. The van der Waals surface area contributed by atoms with Gasteiger partial charge in [-0.1, -0.05) is 60.3 Å². The molecule has 188 valence electrons. The summed E-state index contributed by atoms with van der Waals surface area (Å²) in [5, 5.41) is 3.84. The Balaban J connectivity index is 1.57. The van der Waals surface area contributed by atoms with Crippen LogP contribution in [0.4, 0.5) is 11.4 Å². The predicted molar refractivity (Wildman–Crippen MR) is 138 cm³/mol. The summed E-state index contributed by atoms with van der Waals surface area (Å²) < 4.78 is 5.22. The van der Waals surface area contributed by atoms with E-state index in [0.717, 1.165) is 4.90 Å². The number of fused-ring (bicyclic) bond motifs is 7. The average molecular weight is 569 g/mol. The van der Waals surface area contributed by atoms with Crippen molar-refractivity contribution in [2.45, 2.75) is 31.8 Å². The zero-order valence-electron chi connectivity index (χ0n) is 19.5. The fraction of sp³-hybridized carbons (Fsp3) is 0.400. The summed E-state index contributed by atoms with van der Waals surface area (Å²) >= 11 is 25.5. The fourth-order valence-electron chi connectivity index (χ4n) is 6.77.